The summed E-state index contributed by atoms with van der Waals surface area (Å²) < 4.78 is 13.5. The molecule has 0 saturated heterocycles. The van der Waals surface area contributed by atoms with E-state index in [0.717, 1.165) is 6.42 Å². The van der Waals surface area contributed by atoms with Crippen molar-refractivity contribution in [3.05, 3.63) is 23.6 Å². The number of nitrogens with one attached hydrogen (secondary N) is 2. The van der Waals surface area contributed by atoms with Crippen LogP contribution >= 0.6 is 0 Å². The molecule has 0 radical (unpaired) electrons. The van der Waals surface area contributed by atoms with Crippen LogP contribution in [-0.2, 0) is 4.79 Å². The van der Waals surface area contributed by atoms with Gasteiger partial charge in [-0.15, -0.1) is 0 Å². The standard InChI is InChI=1S/C13H19FN4O2/c1-3-8(2)18-10(19)5-7-17-13(20)9-4-6-16-12(15)11(9)14/h4,6,8H,3,5,7H2,1-2H3,(H2,15,16)(H,17,20)(H,18,19). The molecule has 0 aliphatic carbocycles. The van der Waals surface area contributed by atoms with Gasteiger partial charge in [0.15, 0.2) is 11.6 Å². The zero-order valence-corrected chi connectivity index (χ0v) is 11.6. The van der Waals surface area contributed by atoms with Crippen LogP contribution in [0.25, 0.3) is 0 Å². The summed E-state index contributed by atoms with van der Waals surface area (Å²) in [7, 11) is 0. The number of rotatable bonds is 6. The molecule has 1 rings (SSSR count). The largest absolute Gasteiger partial charge is 0.381 e. The van der Waals surface area contributed by atoms with Gasteiger partial charge >= 0.3 is 0 Å². The van der Waals surface area contributed by atoms with E-state index in [-0.39, 0.29) is 36.3 Å². The van der Waals surface area contributed by atoms with Crippen LogP contribution in [0.2, 0.25) is 0 Å². The summed E-state index contributed by atoms with van der Waals surface area (Å²) in [5.41, 5.74) is 5.09. The Hall–Kier alpha value is -2.18. The molecule has 6 nitrogen and oxygen atoms in total. The lowest BCUT2D eigenvalue weighted by Gasteiger charge is -2.11. The van der Waals surface area contributed by atoms with Crippen LogP contribution in [-0.4, -0.2) is 29.4 Å². The number of pyridine rings is 1. The Morgan fingerprint density at radius 2 is 2.20 bits per heavy atom. The summed E-state index contributed by atoms with van der Waals surface area (Å²) >= 11 is 0. The molecule has 4 N–H and O–H groups in total. The molecule has 1 aromatic rings. The van der Waals surface area contributed by atoms with Crippen LogP contribution in [0.1, 0.15) is 37.0 Å². The molecule has 0 spiro atoms. The number of amides is 2. The maximum atomic E-state index is 13.5. The van der Waals surface area contributed by atoms with Gasteiger partial charge in [-0.3, -0.25) is 9.59 Å². The molecule has 0 saturated carbocycles. The van der Waals surface area contributed by atoms with Crippen LogP contribution in [0.4, 0.5) is 10.2 Å². The molecule has 1 heterocycles. The second-order valence-electron chi connectivity index (χ2n) is 4.44. The van der Waals surface area contributed by atoms with E-state index in [2.05, 4.69) is 15.6 Å². The lowest BCUT2D eigenvalue weighted by Crippen LogP contribution is -2.35. The Morgan fingerprint density at radius 1 is 1.50 bits per heavy atom. The van der Waals surface area contributed by atoms with E-state index in [1.54, 1.807) is 0 Å². The summed E-state index contributed by atoms with van der Waals surface area (Å²) in [5, 5.41) is 5.24. The fourth-order valence-corrected chi connectivity index (χ4v) is 1.47. The monoisotopic (exact) mass is 282 g/mol. The molecule has 1 unspecified atom stereocenters. The molecule has 110 valence electrons. The first-order valence-corrected chi connectivity index (χ1v) is 6.43. The second kappa shape index (κ2) is 7.42. The second-order valence-corrected chi connectivity index (χ2v) is 4.44. The van der Waals surface area contributed by atoms with Crippen LogP contribution < -0.4 is 16.4 Å². The number of hydrogen-bond acceptors (Lipinski definition) is 4. The number of aromatic nitrogens is 1. The first-order chi connectivity index (χ1) is 9.45. The Kier molecular flexibility index (Phi) is 5.89. The SMILES string of the molecule is CCC(C)NC(=O)CCNC(=O)c1ccnc(N)c1F. The third-order valence-electron chi connectivity index (χ3n) is 2.82. The van der Waals surface area contributed by atoms with Gasteiger partial charge < -0.3 is 16.4 Å². The zero-order chi connectivity index (χ0) is 15.1. The molecule has 0 aliphatic rings. The molecule has 1 atom stereocenters. The van der Waals surface area contributed by atoms with Crippen molar-refractivity contribution in [3.63, 3.8) is 0 Å². The van der Waals surface area contributed by atoms with E-state index >= 15 is 0 Å². The van der Waals surface area contributed by atoms with E-state index in [1.165, 1.54) is 12.3 Å². The molecule has 2 amide bonds. The number of halogens is 1. The molecule has 0 fully saturated rings. The summed E-state index contributed by atoms with van der Waals surface area (Å²) in [5.74, 6) is -1.96. The van der Waals surface area contributed by atoms with E-state index < -0.39 is 11.7 Å². The van der Waals surface area contributed by atoms with Gasteiger partial charge in [-0.05, 0) is 19.4 Å². The lowest BCUT2D eigenvalue weighted by atomic mass is 10.2. The van der Waals surface area contributed by atoms with Crippen LogP contribution in [0.3, 0.4) is 0 Å². The molecule has 0 aromatic carbocycles. The molecular weight excluding hydrogens is 263 g/mol. The summed E-state index contributed by atoms with van der Waals surface area (Å²) in [4.78, 5) is 26.7. The number of nitrogens with zero attached hydrogens (tertiary/aromatic N) is 1. The average molecular weight is 282 g/mol. The third-order valence-corrected chi connectivity index (χ3v) is 2.82. The van der Waals surface area contributed by atoms with Crippen molar-refractivity contribution >= 4 is 17.6 Å². The summed E-state index contributed by atoms with van der Waals surface area (Å²) in [6.45, 7) is 3.98. The van der Waals surface area contributed by atoms with Gasteiger partial charge in [-0.25, -0.2) is 9.37 Å². The predicted octanol–water partition coefficient (Wildman–Crippen LogP) is 0.837. The maximum absolute atomic E-state index is 13.5. The molecule has 0 bridgehead atoms. The van der Waals surface area contributed by atoms with E-state index in [1.807, 2.05) is 13.8 Å². The minimum atomic E-state index is -0.853. The van der Waals surface area contributed by atoms with Crippen LogP contribution in [0.15, 0.2) is 12.3 Å². The van der Waals surface area contributed by atoms with Gasteiger partial charge in [0.25, 0.3) is 5.91 Å². The quantitative estimate of drug-likeness (QED) is 0.720. The van der Waals surface area contributed by atoms with Crippen molar-refractivity contribution in [2.75, 3.05) is 12.3 Å². The highest BCUT2D eigenvalue weighted by molar-refractivity contribution is 5.95. The lowest BCUT2D eigenvalue weighted by molar-refractivity contribution is -0.121. The first kappa shape index (κ1) is 15.9. The highest BCUT2D eigenvalue weighted by Gasteiger charge is 2.14. The Bertz CT molecular complexity index is 493. The van der Waals surface area contributed by atoms with Gasteiger partial charge in [-0.2, -0.15) is 0 Å². The molecule has 0 aliphatic heterocycles. The number of carbonyl (C=O) groups excluding carboxylic acids is 2. The van der Waals surface area contributed by atoms with Gasteiger partial charge in [0.2, 0.25) is 5.91 Å². The Morgan fingerprint density at radius 3 is 2.85 bits per heavy atom. The Labute approximate surface area is 116 Å². The number of carbonyl (C=O) groups is 2. The minimum absolute atomic E-state index is 0.0932. The van der Waals surface area contributed by atoms with E-state index in [9.17, 15) is 14.0 Å². The smallest absolute Gasteiger partial charge is 0.254 e. The highest BCUT2D eigenvalue weighted by Crippen LogP contribution is 2.11. The van der Waals surface area contributed by atoms with Crippen molar-refractivity contribution in [1.29, 1.82) is 0 Å². The van der Waals surface area contributed by atoms with Gasteiger partial charge in [0, 0.05) is 25.2 Å². The fourth-order valence-electron chi connectivity index (χ4n) is 1.47. The third kappa shape index (κ3) is 4.49. The molecule has 20 heavy (non-hydrogen) atoms. The van der Waals surface area contributed by atoms with Gasteiger partial charge in [0.05, 0.1) is 5.56 Å². The normalized spacial score (nSPS) is 11.8. The maximum Gasteiger partial charge on any atom is 0.254 e. The number of nitrogens with two attached hydrogens (primary N) is 1. The van der Waals surface area contributed by atoms with E-state index in [4.69, 9.17) is 5.73 Å². The van der Waals surface area contributed by atoms with Crippen molar-refractivity contribution in [2.45, 2.75) is 32.7 Å². The highest BCUT2D eigenvalue weighted by atomic mass is 19.1. The number of anilines is 1. The van der Waals surface area contributed by atoms with Crippen molar-refractivity contribution in [2.24, 2.45) is 0 Å². The first-order valence-electron chi connectivity index (χ1n) is 6.43. The summed E-state index contributed by atoms with van der Waals surface area (Å²) in [6.07, 6.45) is 2.22. The van der Waals surface area contributed by atoms with Crippen LogP contribution in [0.5, 0.6) is 0 Å². The average Bonchev–Trinajstić information content (AvgIpc) is 2.41. The van der Waals surface area contributed by atoms with Gasteiger partial charge in [-0.1, -0.05) is 6.92 Å². The van der Waals surface area contributed by atoms with E-state index in [0.29, 0.717) is 0 Å². The topological polar surface area (TPSA) is 97.1 Å². The molecule has 7 heteroatoms. The van der Waals surface area contributed by atoms with Crippen LogP contribution in [0, 0.1) is 5.82 Å². The predicted molar refractivity (Wildman–Crippen MR) is 73.5 cm³/mol. The number of hydrogen-bond donors (Lipinski definition) is 3. The molecular formula is C13H19FN4O2. The van der Waals surface area contributed by atoms with Gasteiger partial charge in [0.1, 0.15) is 0 Å². The van der Waals surface area contributed by atoms with Crippen molar-refractivity contribution in [3.8, 4) is 0 Å². The Balaban J connectivity index is 2.44. The molecule has 1 aromatic heterocycles. The van der Waals surface area contributed by atoms with Crippen molar-refractivity contribution < 1.29 is 14.0 Å². The van der Waals surface area contributed by atoms with Crippen molar-refractivity contribution in [1.82, 2.24) is 15.6 Å². The summed E-state index contributed by atoms with van der Waals surface area (Å²) in [6, 6.07) is 1.33. The fraction of sp³-hybridized carbons (Fsp3) is 0.462. The number of nitrogen functional groups attached to an aromatic ring is 1. The zero-order valence-electron chi connectivity index (χ0n) is 11.6. The minimum Gasteiger partial charge on any atom is -0.381 e.